The Morgan fingerprint density at radius 3 is 3.28 bits per heavy atom. The highest BCUT2D eigenvalue weighted by Gasteiger charge is 2.20. The molecule has 0 aliphatic carbocycles. The monoisotopic (exact) mass is 245 g/mol. The molecule has 0 radical (unpaired) electrons. The second-order valence-corrected chi connectivity index (χ2v) is 4.13. The molecular formula is C11H11N5O2. The number of hydrogen-bond donors (Lipinski definition) is 1. The Balaban J connectivity index is 1.79. The molecule has 7 heteroatoms. The Morgan fingerprint density at radius 2 is 2.50 bits per heavy atom. The fourth-order valence-corrected chi connectivity index (χ4v) is 1.99. The molecule has 0 amide bonds. The normalized spacial score (nSPS) is 18.9. The van der Waals surface area contributed by atoms with E-state index in [9.17, 15) is 0 Å². The van der Waals surface area contributed by atoms with Crippen LogP contribution in [0.4, 0.5) is 0 Å². The molecule has 92 valence electrons. The molecule has 18 heavy (non-hydrogen) atoms. The summed E-state index contributed by atoms with van der Waals surface area (Å²) >= 11 is 0. The van der Waals surface area contributed by atoms with Crippen molar-refractivity contribution in [1.29, 1.82) is 5.26 Å². The molecule has 7 nitrogen and oxygen atoms in total. The fraction of sp³-hybridized carbons (Fsp3) is 0.455. The van der Waals surface area contributed by atoms with E-state index in [-0.39, 0.29) is 6.10 Å². The van der Waals surface area contributed by atoms with E-state index in [1.54, 1.807) is 0 Å². The standard InChI is InChI=1S/C11H11N5O2/c12-5-9-8(6-13-15-9)11-14-10(16-18-11)4-7-2-1-3-17-7/h6-7H,1-4H2,(H,13,15). The summed E-state index contributed by atoms with van der Waals surface area (Å²) in [5, 5.41) is 19.1. The maximum absolute atomic E-state index is 8.87. The third-order valence-corrected chi connectivity index (χ3v) is 2.88. The minimum atomic E-state index is 0.176. The number of hydrogen-bond acceptors (Lipinski definition) is 6. The van der Waals surface area contributed by atoms with Gasteiger partial charge in [-0.1, -0.05) is 5.16 Å². The smallest absolute Gasteiger partial charge is 0.262 e. The van der Waals surface area contributed by atoms with Crippen molar-refractivity contribution in [2.24, 2.45) is 0 Å². The minimum absolute atomic E-state index is 0.176. The number of nitrogens with one attached hydrogen (secondary N) is 1. The second-order valence-electron chi connectivity index (χ2n) is 4.13. The third kappa shape index (κ3) is 1.98. The third-order valence-electron chi connectivity index (χ3n) is 2.88. The van der Waals surface area contributed by atoms with Crippen LogP contribution in [0.15, 0.2) is 10.7 Å². The molecule has 2 aromatic rings. The predicted octanol–water partition coefficient (Wildman–Crippen LogP) is 1.05. The van der Waals surface area contributed by atoms with Crippen LogP contribution in [0.2, 0.25) is 0 Å². The summed E-state index contributed by atoms with van der Waals surface area (Å²) in [5.74, 6) is 0.912. The van der Waals surface area contributed by atoms with Crippen LogP contribution in [0.25, 0.3) is 11.5 Å². The van der Waals surface area contributed by atoms with Crippen molar-refractivity contribution in [2.45, 2.75) is 25.4 Å². The van der Waals surface area contributed by atoms with E-state index in [1.807, 2.05) is 6.07 Å². The van der Waals surface area contributed by atoms with Gasteiger partial charge in [-0.2, -0.15) is 15.3 Å². The van der Waals surface area contributed by atoms with E-state index in [0.29, 0.717) is 29.4 Å². The average molecular weight is 245 g/mol. The largest absolute Gasteiger partial charge is 0.378 e. The van der Waals surface area contributed by atoms with Crippen LogP contribution in [0.3, 0.4) is 0 Å². The number of aromatic nitrogens is 4. The van der Waals surface area contributed by atoms with Gasteiger partial charge in [-0.25, -0.2) is 0 Å². The van der Waals surface area contributed by atoms with Gasteiger partial charge in [0.15, 0.2) is 5.82 Å². The van der Waals surface area contributed by atoms with Crippen molar-refractivity contribution in [2.75, 3.05) is 6.61 Å². The number of H-pyrrole nitrogens is 1. The van der Waals surface area contributed by atoms with Crippen molar-refractivity contribution >= 4 is 0 Å². The first kappa shape index (κ1) is 10.9. The summed E-state index contributed by atoms with van der Waals surface area (Å²) in [6.07, 6.45) is 4.43. The van der Waals surface area contributed by atoms with Crippen molar-refractivity contribution in [1.82, 2.24) is 20.3 Å². The van der Waals surface area contributed by atoms with E-state index in [0.717, 1.165) is 19.4 Å². The van der Waals surface area contributed by atoms with Gasteiger partial charge in [-0.3, -0.25) is 5.10 Å². The van der Waals surface area contributed by atoms with Crippen molar-refractivity contribution in [3.8, 4) is 17.5 Å². The maximum Gasteiger partial charge on any atom is 0.262 e. The van der Waals surface area contributed by atoms with Crippen LogP contribution >= 0.6 is 0 Å². The average Bonchev–Trinajstić information content (AvgIpc) is 3.09. The molecule has 1 aliphatic heterocycles. The quantitative estimate of drug-likeness (QED) is 0.867. The van der Waals surface area contributed by atoms with Gasteiger partial charge in [0.25, 0.3) is 5.89 Å². The zero-order valence-corrected chi connectivity index (χ0v) is 9.59. The number of ether oxygens (including phenoxy) is 1. The van der Waals surface area contributed by atoms with Crippen molar-refractivity contribution < 1.29 is 9.26 Å². The number of aromatic amines is 1. The highest BCUT2D eigenvalue weighted by atomic mass is 16.5. The lowest BCUT2D eigenvalue weighted by Gasteiger charge is -2.03. The van der Waals surface area contributed by atoms with Crippen LogP contribution in [-0.2, 0) is 11.2 Å². The molecule has 1 unspecified atom stereocenters. The fourth-order valence-electron chi connectivity index (χ4n) is 1.99. The molecular weight excluding hydrogens is 234 g/mol. The van der Waals surface area contributed by atoms with Gasteiger partial charge >= 0.3 is 0 Å². The molecule has 2 aromatic heterocycles. The molecule has 0 saturated carbocycles. The first-order valence-electron chi connectivity index (χ1n) is 5.75. The zero-order chi connectivity index (χ0) is 12.4. The number of nitriles is 1. The van der Waals surface area contributed by atoms with Gasteiger partial charge in [-0.15, -0.1) is 0 Å². The molecule has 0 aromatic carbocycles. The Bertz CT molecular complexity index is 576. The molecule has 0 spiro atoms. The predicted molar refractivity (Wildman–Crippen MR) is 59.3 cm³/mol. The molecule has 1 fully saturated rings. The molecule has 1 saturated heterocycles. The Morgan fingerprint density at radius 1 is 1.56 bits per heavy atom. The van der Waals surface area contributed by atoms with Crippen LogP contribution < -0.4 is 0 Å². The number of nitrogens with zero attached hydrogens (tertiary/aromatic N) is 4. The summed E-state index contributed by atoms with van der Waals surface area (Å²) in [5.41, 5.74) is 0.853. The van der Waals surface area contributed by atoms with Gasteiger partial charge in [-0.05, 0) is 12.8 Å². The first-order valence-corrected chi connectivity index (χ1v) is 5.75. The Hall–Kier alpha value is -2.20. The molecule has 1 aliphatic rings. The van der Waals surface area contributed by atoms with E-state index >= 15 is 0 Å². The maximum atomic E-state index is 8.87. The summed E-state index contributed by atoms with van der Waals surface area (Å²) in [7, 11) is 0. The van der Waals surface area contributed by atoms with Crippen LogP contribution in [-0.4, -0.2) is 33.0 Å². The molecule has 3 rings (SSSR count). The molecule has 0 bridgehead atoms. The van der Waals surface area contributed by atoms with Gasteiger partial charge in [0, 0.05) is 13.0 Å². The zero-order valence-electron chi connectivity index (χ0n) is 9.59. The minimum Gasteiger partial charge on any atom is -0.378 e. The lowest BCUT2D eigenvalue weighted by molar-refractivity contribution is 0.109. The van der Waals surface area contributed by atoms with Gasteiger partial charge < -0.3 is 9.26 Å². The lowest BCUT2D eigenvalue weighted by Crippen LogP contribution is -2.09. The van der Waals surface area contributed by atoms with E-state index in [4.69, 9.17) is 14.5 Å². The second kappa shape index (κ2) is 4.58. The highest BCUT2D eigenvalue weighted by molar-refractivity contribution is 5.58. The SMILES string of the molecule is N#Cc1[nH]ncc1-c1nc(CC2CCCO2)no1. The van der Waals surface area contributed by atoms with Crippen LogP contribution in [0, 0.1) is 11.3 Å². The lowest BCUT2D eigenvalue weighted by atomic mass is 10.2. The summed E-state index contributed by atoms with van der Waals surface area (Å²) < 4.78 is 10.6. The van der Waals surface area contributed by atoms with Crippen molar-refractivity contribution in [3.63, 3.8) is 0 Å². The summed E-state index contributed by atoms with van der Waals surface area (Å²) in [6.45, 7) is 0.801. The molecule has 1 atom stereocenters. The van der Waals surface area contributed by atoms with E-state index in [1.165, 1.54) is 6.20 Å². The van der Waals surface area contributed by atoms with Crippen LogP contribution in [0.1, 0.15) is 24.4 Å². The van der Waals surface area contributed by atoms with Gasteiger partial charge in [0.2, 0.25) is 0 Å². The van der Waals surface area contributed by atoms with E-state index in [2.05, 4.69) is 20.3 Å². The first-order chi connectivity index (χ1) is 8.86. The molecule has 1 N–H and O–H groups in total. The van der Waals surface area contributed by atoms with E-state index < -0.39 is 0 Å². The summed E-state index contributed by atoms with van der Waals surface area (Å²) in [4.78, 5) is 4.26. The van der Waals surface area contributed by atoms with Crippen molar-refractivity contribution in [3.05, 3.63) is 17.7 Å². The topological polar surface area (TPSA) is 101 Å². The Kier molecular flexibility index (Phi) is 2.78. The number of rotatable bonds is 3. The van der Waals surface area contributed by atoms with Crippen LogP contribution in [0.5, 0.6) is 0 Å². The summed E-state index contributed by atoms with van der Waals surface area (Å²) in [6, 6.07) is 1.99. The van der Waals surface area contributed by atoms with Gasteiger partial charge in [0.1, 0.15) is 11.8 Å². The highest BCUT2D eigenvalue weighted by Crippen LogP contribution is 2.21. The van der Waals surface area contributed by atoms with Gasteiger partial charge in [0.05, 0.1) is 17.9 Å². The molecule has 3 heterocycles. The Labute approximate surface area is 103 Å².